The fourth-order valence-electron chi connectivity index (χ4n) is 1.86. The van der Waals surface area contributed by atoms with Crippen LogP contribution in [0.15, 0.2) is 24.3 Å². The van der Waals surface area contributed by atoms with Gasteiger partial charge in [0, 0.05) is 39.1 Å². The SMILES string of the molecule is COCCC(C)(CN)N(C)c1cccc(OC)c1. The van der Waals surface area contributed by atoms with E-state index in [0.717, 1.165) is 17.9 Å². The van der Waals surface area contributed by atoms with Gasteiger partial charge in [0.05, 0.1) is 12.6 Å². The molecule has 0 saturated heterocycles. The number of nitrogens with zero attached hydrogens (tertiary/aromatic N) is 1. The Morgan fingerprint density at radius 2 is 2.06 bits per heavy atom. The Labute approximate surface area is 110 Å². The first-order valence-corrected chi connectivity index (χ1v) is 6.14. The molecule has 0 amide bonds. The highest BCUT2D eigenvalue weighted by Gasteiger charge is 2.27. The van der Waals surface area contributed by atoms with Crippen molar-refractivity contribution < 1.29 is 9.47 Å². The highest BCUT2D eigenvalue weighted by molar-refractivity contribution is 5.52. The van der Waals surface area contributed by atoms with Gasteiger partial charge in [-0.05, 0) is 25.5 Å². The van der Waals surface area contributed by atoms with Crippen molar-refractivity contribution in [2.45, 2.75) is 18.9 Å². The Morgan fingerprint density at radius 1 is 1.33 bits per heavy atom. The van der Waals surface area contributed by atoms with E-state index in [4.69, 9.17) is 15.2 Å². The van der Waals surface area contributed by atoms with E-state index >= 15 is 0 Å². The average Bonchev–Trinajstić information content (AvgIpc) is 2.44. The fourth-order valence-corrected chi connectivity index (χ4v) is 1.86. The minimum Gasteiger partial charge on any atom is -0.497 e. The second kappa shape index (κ2) is 6.61. The molecule has 0 fully saturated rings. The number of rotatable bonds is 7. The van der Waals surface area contributed by atoms with Crippen LogP contribution < -0.4 is 15.4 Å². The summed E-state index contributed by atoms with van der Waals surface area (Å²) in [5, 5.41) is 0. The zero-order valence-electron chi connectivity index (χ0n) is 11.8. The van der Waals surface area contributed by atoms with Gasteiger partial charge in [-0.25, -0.2) is 0 Å². The van der Waals surface area contributed by atoms with E-state index in [2.05, 4.69) is 24.9 Å². The van der Waals surface area contributed by atoms with Crippen LogP contribution in [0.3, 0.4) is 0 Å². The summed E-state index contributed by atoms with van der Waals surface area (Å²) in [5.41, 5.74) is 6.90. The van der Waals surface area contributed by atoms with Gasteiger partial charge in [0.15, 0.2) is 0 Å². The molecule has 1 rings (SSSR count). The van der Waals surface area contributed by atoms with Crippen molar-refractivity contribution in [1.82, 2.24) is 0 Å². The van der Waals surface area contributed by atoms with Crippen LogP contribution in [0.2, 0.25) is 0 Å². The van der Waals surface area contributed by atoms with Crippen molar-refractivity contribution in [3.8, 4) is 5.75 Å². The molecular formula is C14H24N2O2. The largest absolute Gasteiger partial charge is 0.497 e. The predicted molar refractivity (Wildman–Crippen MR) is 75.3 cm³/mol. The summed E-state index contributed by atoms with van der Waals surface area (Å²) in [6, 6.07) is 7.99. The Balaban J connectivity index is 2.91. The summed E-state index contributed by atoms with van der Waals surface area (Å²) < 4.78 is 10.4. The van der Waals surface area contributed by atoms with Crippen LogP contribution in [-0.2, 0) is 4.74 Å². The molecule has 1 aromatic carbocycles. The van der Waals surface area contributed by atoms with E-state index in [0.29, 0.717) is 13.2 Å². The highest BCUT2D eigenvalue weighted by Crippen LogP contribution is 2.27. The van der Waals surface area contributed by atoms with Crippen molar-refractivity contribution in [2.75, 3.05) is 39.3 Å². The first kappa shape index (κ1) is 14.8. The van der Waals surface area contributed by atoms with Gasteiger partial charge in [-0.2, -0.15) is 0 Å². The third-order valence-electron chi connectivity index (χ3n) is 3.53. The van der Waals surface area contributed by atoms with Gasteiger partial charge in [-0.15, -0.1) is 0 Å². The number of nitrogens with two attached hydrogens (primary N) is 1. The number of hydrogen-bond acceptors (Lipinski definition) is 4. The average molecular weight is 252 g/mol. The second-order valence-corrected chi connectivity index (χ2v) is 4.70. The van der Waals surface area contributed by atoms with Gasteiger partial charge in [0.1, 0.15) is 5.75 Å². The van der Waals surface area contributed by atoms with Crippen LogP contribution >= 0.6 is 0 Å². The summed E-state index contributed by atoms with van der Waals surface area (Å²) in [6.45, 7) is 3.41. The highest BCUT2D eigenvalue weighted by atomic mass is 16.5. The third-order valence-corrected chi connectivity index (χ3v) is 3.53. The molecule has 102 valence electrons. The maximum atomic E-state index is 5.93. The monoisotopic (exact) mass is 252 g/mol. The molecule has 0 bridgehead atoms. The predicted octanol–water partition coefficient (Wildman–Crippen LogP) is 1.89. The Hall–Kier alpha value is -1.26. The second-order valence-electron chi connectivity index (χ2n) is 4.70. The van der Waals surface area contributed by atoms with Gasteiger partial charge in [-0.3, -0.25) is 0 Å². The van der Waals surface area contributed by atoms with Crippen molar-refractivity contribution in [2.24, 2.45) is 5.73 Å². The molecule has 0 aromatic heterocycles. The standard InChI is InChI=1S/C14H24N2O2/c1-14(11-15,8-9-17-3)16(2)12-6-5-7-13(10-12)18-4/h5-7,10H,8-9,11,15H2,1-4H3. The fraction of sp³-hybridized carbons (Fsp3) is 0.571. The van der Waals surface area contributed by atoms with Gasteiger partial charge in [0.25, 0.3) is 0 Å². The number of ether oxygens (including phenoxy) is 2. The van der Waals surface area contributed by atoms with Crippen LogP contribution in [0.25, 0.3) is 0 Å². The van der Waals surface area contributed by atoms with Crippen LogP contribution in [0.4, 0.5) is 5.69 Å². The molecule has 18 heavy (non-hydrogen) atoms. The zero-order chi connectivity index (χ0) is 13.6. The molecule has 0 aliphatic heterocycles. The molecule has 4 nitrogen and oxygen atoms in total. The van der Waals surface area contributed by atoms with Crippen molar-refractivity contribution in [1.29, 1.82) is 0 Å². The summed E-state index contributed by atoms with van der Waals surface area (Å²) in [6.07, 6.45) is 0.883. The van der Waals surface area contributed by atoms with E-state index in [1.54, 1.807) is 14.2 Å². The van der Waals surface area contributed by atoms with E-state index in [-0.39, 0.29) is 5.54 Å². The molecule has 0 spiro atoms. The van der Waals surface area contributed by atoms with E-state index in [1.165, 1.54) is 0 Å². The maximum absolute atomic E-state index is 5.93. The van der Waals surface area contributed by atoms with Crippen molar-refractivity contribution >= 4 is 5.69 Å². The number of methoxy groups -OCH3 is 2. The van der Waals surface area contributed by atoms with E-state index in [9.17, 15) is 0 Å². The number of anilines is 1. The Morgan fingerprint density at radius 3 is 2.61 bits per heavy atom. The number of benzene rings is 1. The van der Waals surface area contributed by atoms with Crippen LogP contribution in [0, 0.1) is 0 Å². The van der Waals surface area contributed by atoms with Gasteiger partial charge in [-0.1, -0.05) is 6.07 Å². The molecule has 0 saturated carbocycles. The Bertz CT molecular complexity index is 371. The van der Waals surface area contributed by atoms with Gasteiger partial charge in [0.2, 0.25) is 0 Å². The van der Waals surface area contributed by atoms with E-state index < -0.39 is 0 Å². The molecule has 0 aliphatic carbocycles. The quantitative estimate of drug-likeness (QED) is 0.805. The Kier molecular flexibility index (Phi) is 5.44. The summed E-state index contributed by atoms with van der Waals surface area (Å²) in [4.78, 5) is 2.19. The lowest BCUT2D eigenvalue weighted by Crippen LogP contribution is -2.50. The summed E-state index contributed by atoms with van der Waals surface area (Å²) >= 11 is 0. The lowest BCUT2D eigenvalue weighted by atomic mass is 9.95. The molecule has 1 aromatic rings. The van der Waals surface area contributed by atoms with Crippen molar-refractivity contribution in [3.05, 3.63) is 24.3 Å². The lowest BCUT2D eigenvalue weighted by molar-refractivity contribution is 0.172. The molecule has 0 heterocycles. The molecule has 0 aliphatic rings. The smallest absolute Gasteiger partial charge is 0.120 e. The molecule has 1 atom stereocenters. The zero-order valence-corrected chi connectivity index (χ0v) is 11.8. The molecule has 1 unspecified atom stereocenters. The normalized spacial score (nSPS) is 14.1. The molecular weight excluding hydrogens is 228 g/mol. The molecule has 2 N–H and O–H groups in total. The topological polar surface area (TPSA) is 47.7 Å². The molecule has 0 radical (unpaired) electrons. The first-order valence-electron chi connectivity index (χ1n) is 6.14. The third kappa shape index (κ3) is 3.37. The summed E-state index contributed by atoms with van der Waals surface area (Å²) in [7, 11) is 5.44. The van der Waals surface area contributed by atoms with Crippen LogP contribution in [0.5, 0.6) is 5.75 Å². The minimum atomic E-state index is -0.123. The number of hydrogen-bond donors (Lipinski definition) is 1. The van der Waals surface area contributed by atoms with Crippen LogP contribution in [-0.4, -0.2) is 40.0 Å². The van der Waals surface area contributed by atoms with E-state index in [1.807, 2.05) is 18.2 Å². The van der Waals surface area contributed by atoms with Gasteiger partial charge >= 0.3 is 0 Å². The minimum absolute atomic E-state index is 0.123. The number of likely N-dealkylation sites (N-methyl/N-ethyl adjacent to an activating group) is 1. The van der Waals surface area contributed by atoms with Crippen molar-refractivity contribution in [3.63, 3.8) is 0 Å². The van der Waals surface area contributed by atoms with Crippen LogP contribution in [0.1, 0.15) is 13.3 Å². The molecule has 4 heteroatoms. The van der Waals surface area contributed by atoms with Gasteiger partial charge < -0.3 is 20.1 Å². The lowest BCUT2D eigenvalue weighted by Gasteiger charge is -2.39. The summed E-state index contributed by atoms with van der Waals surface area (Å²) in [5.74, 6) is 0.852. The first-order chi connectivity index (χ1) is 8.57. The maximum Gasteiger partial charge on any atom is 0.120 e.